The van der Waals surface area contributed by atoms with Crippen LogP contribution in [0.25, 0.3) is 0 Å². The standard InChI is InChI=1S/C13H18ClNO3S/c1-5-13(3,4)15-12(16)11-7-6-10(8-9(11)2)19(14,17)18/h6-8H,5H2,1-4H3,(H,15,16). The normalized spacial score (nSPS) is 12.3. The molecule has 0 saturated carbocycles. The Hall–Kier alpha value is -1.07. The maximum atomic E-state index is 12.1. The second-order valence-electron chi connectivity index (χ2n) is 5.11. The van der Waals surface area contributed by atoms with Gasteiger partial charge in [-0.2, -0.15) is 0 Å². The number of halogens is 1. The molecule has 1 N–H and O–H groups in total. The molecule has 0 atom stereocenters. The van der Waals surface area contributed by atoms with Crippen LogP contribution in [0.5, 0.6) is 0 Å². The van der Waals surface area contributed by atoms with E-state index in [1.165, 1.54) is 18.2 Å². The average Bonchev–Trinajstić information content (AvgIpc) is 2.26. The van der Waals surface area contributed by atoms with Crippen molar-refractivity contribution < 1.29 is 13.2 Å². The molecule has 0 aliphatic carbocycles. The number of rotatable bonds is 4. The number of carbonyl (C=O) groups is 1. The topological polar surface area (TPSA) is 63.2 Å². The first-order valence-electron chi connectivity index (χ1n) is 5.94. The smallest absolute Gasteiger partial charge is 0.261 e. The van der Waals surface area contributed by atoms with Crippen molar-refractivity contribution in [2.24, 2.45) is 0 Å². The minimum absolute atomic E-state index is 0.00188. The van der Waals surface area contributed by atoms with E-state index in [-0.39, 0.29) is 16.3 Å². The molecule has 1 amide bonds. The van der Waals surface area contributed by atoms with E-state index in [0.717, 1.165) is 6.42 Å². The third-order valence-electron chi connectivity index (χ3n) is 3.06. The predicted octanol–water partition coefficient (Wildman–Crippen LogP) is 2.84. The van der Waals surface area contributed by atoms with Crippen LogP contribution in [0.1, 0.15) is 43.1 Å². The Kier molecular flexibility index (Phi) is 4.63. The van der Waals surface area contributed by atoms with Crippen molar-refractivity contribution in [1.82, 2.24) is 5.32 Å². The maximum absolute atomic E-state index is 12.1. The summed E-state index contributed by atoms with van der Waals surface area (Å²) >= 11 is 0. The summed E-state index contributed by atoms with van der Waals surface area (Å²) in [5, 5.41) is 2.90. The van der Waals surface area contributed by atoms with Crippen molar-refractivity contribution in [3.05, 3.63) is 29.3 Å². The molecule has 1 aromatic carbocycles. The second kappa shape index (κ2) is 5.51. The first-order valence-corrected chi connectivity index (χ1v) is 8.25. The van der Waals surface area contributed by atoms with E-state index < -0.39 is 9.05 Å². The first-order chi connectivity index (χ1) is 8.57. The molecule has 0 unspecified atom stereocenters. The highest BCUT2D eigenvalue weighted by Crippen LogP contribution is 2.19. The fourth-order valence-electron chi connectivity index (χ4n) is 1.51. The van der Waals surface area contributed by atoms with Crippen molar-refractivity contribution in [1.29, 1.82) is 0 Å². The van der Waals surface area contributed by atoms with Gasteiger partial charge in [-0.25, -0.2) is 8.42 Å². The Bertz CT molecular complexity index is 594. The summed E-state index contributed by atoms with van der Waals surface area (Å²) in [6.07, 6.45) is 0.798. The lowest BCUT2D eigenvalue weighted by Gasteiger charge is -2.25. The number of carbonyl (C=O) groups excluding carboxylic acids is 1. The molecule has 4 nitrogen and oxygen atoms in total. The van der Waals surface area contributed by atoms with Gasteiger partial charge in [-0.3, -0.25) is 4.79 Å². The Morgan fingerprint density at radius 1 is 1.37 bits per heavy atom. The Morgan fingerprint density at radius 3 is 2.37 bits per heavy atom. The SMILES string of the molecule is CCC(C)(C)NC(=O)c1ccc(S(=O)(=O)Cl)cc1C. The van der Waals surface area contributed by atoms with Crippen LogP contribution in [-0.2, 0) is 9.05 Å². The zero-order valence-corrected chi connectivity index (χ0v) is 13.0. The second-order valence-corrected chi connectivity index (χ2v) is 7.67. The van der Waals surface area contributed by atoms with E-state index in [2.05, 4.69) is 5.32 Å². The lowest BCUT2D eigenvalue weighted by atomic mass is 10.0. The monoisotopic (exact) mass is 303 g/mol. The predicted molar refractivity (Wildman–Crippen MR) is 76.1 cm³/mol. The van der Waals surface area contributed by atoms with Crippen LogP contribution >= 0.6 is 10.7 Å². The van der Waals surface area contributed by atoms with E-state index in [1.807, 2.05) is 20.8 Å². The van der Waals surface area contributed by atoms with E-state index in [4.69, 9.17) is 10.7 Å². The molecule has 0 aliphatic heterocycles. The minimum atomic E-state index is -3.77. The van der Waals surface area contributed by atoms with Crippen LogP contribution in [0.3, 0.4) is 0 Å². The molecule has 19 heavy (non-hydrogen) atoms. The molecule has 1 rings (SSSR count). The van der Waals surface area contributed by atoms with Gasteiger partial charge in [0.25, 0.3) is 15.0 Å². The number of nitrogens with one attached hydrogen (secondary N) is 1. The molecule has 0 fully saturated rings. The maximum Gasteiger partial charge on any atom is 0.261 e. The van der Waals surface area contributed by atoms with Gasteiger partial charge in [-0.1, -0.05) is 6.92 Å². The Morgan fingerprint density at radius 2 is 1.95 bits per heavy atom. The van der Waals surface area contributed by atoms with Gasteiger partial charge in [-0.05, 0) is 51.0 Å². The highest BCUT2D eigenvalue weighted by molar-refractivity contribution is 8.13. The molecule has 0 heterocycles. The van der Waals surface area contributed by atoms with Gasteiger partial charge in [-0.15, -0.1) is 0 Å². The van der Waals surface area contributed by atoms with E-state index in [1.54, 1.807) is 6.92 Å². The third-order valence-corrected chi connectivity index (χ3v) is 4.41. The van der Waals surface area contributed by atoms with Crippen LogP contribution in [0.4, 0.5) is 0 Å². The quantitative estimate of drug-likeness (QED) is 0.870. The van der Waals surface area contributed by atoms with Gasteiger partial charge in [0.2, 0.25) is 0 Å². The van der Waals surface area contributed by atoms with Gasteiger partial charge < -0.3 is 5.32 Å². The molecule has 0 aromatic heterocycles. The van der Waals surface area contributed by atoms with Gasteiger partial charge in [0, 0.05) is 21.8 Å². The molecular formula is C13H18ClNO3S. The van der Waals surface area contributed by atoms with Gasteiger partial charge in [0.15, 0.2) is 0 Å². The summed E-state index contributed by atoms with van der Waals surface area (Å²) in [6, 6.07) is 4.21. The van der Waals surface area contributed by atoms with Crippen molar-refractivity contribution in [2.45, 2.75) is 44.6 Å². The molecule has 0 saturated heterocycles. The van der Waals surface area contributed by atoms with Crippen molar-refractivity contribution in [3.8, 4) is 0 Å². The average molecular weight is 304 g/mol. The molecule has 6 heteroatoms. The zero-order valence-electron chi connectivity index (χ0n) is 11.5. The molecular weight excluding hydrogens is 286 g/mol. The third kappa shape index (κ3) is 4.21. The summed E-state index contributed by atoms with van der Waals surface area (Å²) in [5.41, 5.74) is 0.720. The van der Waals surface area contributed by atoms with Crippen LogP contribution in [0.15, 0.2) is 23.1 Å². The van der Waals surface area contributed by atoms with Gasteiger partial charge in [0.1, 0.15) is 0 Å². The van der Waals surface area contributed by atoms with E-state index in [0.29, 0.717) is 11.1 Å². The highest BCUT2D eigenvalue weighted by Gasteiger charge is 2.21. The fourth-order valence-corrected chi connectivity index (χ4v) is 2.34. The molecule has 1 aromatic rings. The summed E-state index contributed by atoms with van der Waals surface area (Å²) in [4.78, 5) is 12.1. The van der Waals surface area contributed by atoms with Gasteiger partial charge >= 0.3 is 0 Å². The number of benzene rings is 1. The van der Waals surface area contributed by atoms with Crippen LogP contribution < -0.4 is 5.32 Å². The lowest BCUT2D eigenvalue weighted by molar-refractivity contribution is 0.0910. The number of hydrogen-bond acceptors (Lipinski definition) is 3. The fraction of sp³-hybridized carbons (Fsp3) is 0.462. The van der Waals surface area contributed by atoms with E-state index in [9.17, 15) is 13.2 Å². The summed E-state index contributed by atoms with van der Waals surface area (Å²) in [7, 11) is 1.50. The number of aryl methyl sites for hydroxylation is 1. The Labute approximate surface area is 118 Å². The number of amides is 1. The molecule has 0 aliphatic rings. The van der Waals surface area contributed by atoms with Crippen molar-refractivity contribution in [2.75, 3.05) is 0 Å². The zero-order chi connectivity index (χ0) is 14.8. The van der Waals surface area contributed by atoms with Crippen LogP contribution in [-0.4, -0.2) is 19.9 Å². The summed E-state index contributed by atoms with van der Waals surface area (Å²) < 4.78 is 22.4. The highest BCUT2D eigenvalue weighted by atomic mass is 35.7. The first kappa shape index (κ1) is 16.0. The Balaban J connectivity index is 3.07. The molecule has 0 spiro atoms. The number of hydrogen-bond donors (Lipinski definition) is 1. The molecule has 0 bridgehead atoms. The lowest BCUT2D eigenvalue weighted by Crippen LogP contribution is -2.43. The summed E-state index contributed by atoms with van der Waals surface area (Å²) in [6.45, 7) is 7.52. The largest absolute Gasteiger partial charge is 0.347 e. The molecule has 0 radical (unpaired) electrons. The molecule has 106 valence electrons. The van der Waals surface area contributed by atoms with Gasteiger partial charge in [0.05, 0.1) is 4.90 Å². The van der Waals surface area contributed by atoms with E-state index >= 15 is 0 Å². The van der Waals surface area contributed by atoms with Crippen LogP contribution in [0, 0.1) is 6.92 Å². The van der Waals surface area contributed by atoms with Crippen molar-refractivity contribution in [3.63, 3.8) is 0 Å². The van der Waals surface area contributed by atoms with Crippen LogP contribution in [0.2, 0.25) is 0 Å². The minimum Gasteiger partial charge on any atom is -0.347 e. The van der Waals surface area contributed by atoms with Crippen molar-refractivity contribution >= 4 is 25.6 Å². The summed E-state index contributed by atoms with van der Waals surface area (Å²) in [5.74, 6) is -0.220.